The molecule has 1 atom stereocenters. The Hall–Kier alpha value is -0.0800. The second-order valence-corrected chi connectivity index (χ2v) is 6.42. The van der Waals surface area contributed by atoms with Gasteiger partial charge in [0.15, 0.2) is 0 Å². The first-order chi connectivity index (χ1) is 7.68. The molecule has 1 aliphatic heterocycles. The van der Waals surface area contributed by atoms with Gasteiger partial charge >= 0.3 is 0 Å². The second kappa shape index (κ2) is 5.50. The molecule has 0 bridgehead atoms. The molecular weight excluding hydrogens is 196 g/mol. The van der Waals surface area contributed by atoms with Crippen LogP contribution < -0.4 is 5.32 Å². The zero-order valence-corrected chi connectivity index (χ0v) is 11.1. The van der Waals surface area contributed by atoms with Gasteiger partial charge in [-0.1, -0.05) is 26.7 Å². The Labute approximate surface area is 101 Å². The average Bonchev–Trinajstić information content (AvgIpc) is 2.61. The van der Waals surface area contributed by atoms with E-state index in [9.17, 15) is 0 Å². The van der Waals surface area contributed by atoms with Gasteiger partial charge in [0, 0.05) is 13.1 Å². The normalized spacial score (nSPS) is 32.2. The molecule has 2 aliphatic rings. The van der Waals surface area contributed by atoms with Crippen molar-refractivity contribution in [3.8, 4) is 0 Å². The van der Waals surface area contributed by atoms with E-state index in [4.69, 9.17) is 0 Å². The molecule has 0 amide bonds. The van der Waals surface area contributed by atoms with E-state index in [-0.39, 0.29) is 0 Å². The highest BCUT2D eigenvalue weighted by Crippen LogP contribution is 2.38. The highest BCUT2D eigenvalue weighted by molar-refractivity contribution is 4.84. The molecule has 0 spiro atoms. The topological polar surface area (TPSA) is 15.3 Å². The lowest BCUT2D eigenvalue weighted by atomic mass is 9.88. The summed E-state index contributed by atoms with van der Waals surface area (Å²) in [6, 6.07) is 0. The van der Waals surface area contributed by atoms with Gasteiger partial charge in [0.25, 0.3) is 0 Å². The van der Waals surface area contributed by atoms with Gasteiger partial charge < -0.3 is 10.2 Å². The minimum absolute atomic E-state index is 0.631. The number of hydrogen-bond acceptors (Lipinski definition) is 2. The maximum Gasteiger partial charge on any atom is 0.00355 e. The first-order valence-corrected chi connectivity index (χ1v) is 7.11. The molecule has 2 rings (SSSR count). The van der Waals surface area contributed by atoms with Crippen molar-refractivity contribution in [1.82, 2.24) is 10.2 Å². The van der Waals surface area contributed by atoms with Crippen LogP contribution in [0, 0.1) is 11.3 Å². The fourth-order valence-corrected chi connectivity index (χ4v) is 3.44. The van der Waals surface area contributed by atoms with Crippen LogP contribution in [-0.4, -0.2) is 37.6 Å². The van der Waals surface area contributed by atoms with Crippen molar-refractivity contribution in [1.29, 1.82) is 0 Å². The third kappa shape index (κ3) is 3.46. The summed E-state index contributed by atoms with van der Waals surface area (Å²) >= 11 is 0. The Kier molecular flexibility index (Phi) is 4.26. The number of rotatable bonds is 2. The van der Waals surface area contributed by atoms with Crippen LogP contribution in [-0.2, 0) is 0 Å². The molecule has 0 aromatic carbocycles. The van der Waals surface area contributed by atoms with E-state index in [1.165, 1.54) is 64.8 Å². The third-order valence-electron chi connectivity index (χ3n) is 4.31. The minimum Gasteiger partial charge on any atom is -0.316 e. The van der Waals surface area contributed by atoms with Gasteiger partial charge in [0.05, 0.1) is 0 Å². The van der Waals surface area contributed by atoms with Crippen LogP contribution in [0.1, 0.15) is 46.0 Å². The van der Waals surface area contributed by atoms with Crippen molar-refractivity contribution in [2.75, 3.05) is 32.7 Å². The molecule has 2 fully saturated rings. The van der Waals surface area contributed by atoms with E-state index >= 15 is 0 Å². The predicted molar refractivity (Wildman–Crippen MR) is 69.7 cm³/mol. The zero-order chi connectivity index (χ0) is 11.4. The first-order valence-electron chi connectivity index (χ1n) is 7.11. The van der Waals surface area contributed by atoms with E-state index in [0.717, 1.165) is 5.92 Å². The van der Waals surface area contributed by atoms with E-state index in [2.05, 4.69) is 24.1 Å². The van der Waals surface area contributed by atoms with Crippen LogP contribution in [0.15, 0.2) is 0 Å². The van der Waals surface area contributed by atoms with Gasteiger partial charge in [-0.3, -0.25) is 0 Å². The molecular formula is C14H28N2. The summed E-state index contributed by atoms with van der Waals surface area (Å²) in [6.45, 7) is 11.2. The first kappa shape index (κ1) is 12.4. The molecule has 94 valence electrons. The van der Waals surface area contributed by atoms with Crippen LogP contribution in [0.5, 0.6) is 0 Å². The van der Waals surface area contributed by atoms with Crippen molar-refractivity contribution in [2.24, 2.45) is 11.3 Å². The van der Waals surface area contributed by atoms with Crippen LogP contribution in [0.3, 0.4) is 0 Å². The smallest absolute Gasteiger partial charge is 0.00355 e. The molecule has 16 heavy (non-hydrogen) atoms. The average molecular weight is 224 g/mol. The summed E-state index contributed by atoms with van der Waals surface area (Å²) in [5.74, 6) is 0.810. The molecule has 1 N–H and O–H groups in total. The van der Waals surface area contributed by atoms with Gasteiger partial charge in [-0.15, -0.1) is 0 Å². The van der Waals surface area contributed by atoms with Crippen LogP contribution in [0.4, 0.5) is 0 Å². The monoisotopic (exact) mass is 224 g/mol. The lowest BCUT2D eigenvalue weighted by Gasteiger charge is -2.35. The fraction of sp³-hybridized carbons (Fsp3) is 1.00. The Morgan fingerprint density at radius 3 is 2.75 bits per heavy atom. The Morgan fingerprint density at radius 2 is 2.00 bits per heavy atom. The molecule has 2 nitrogen and oxygen atoms in total. The quantitative estimate of drug-likeness (QED) is 0.775. The summed E-state index contributed by atoms with van der Waals surface area (Å²) in [4.78, 5) is 2.73. The van der Waals surface area contributed by atoms with Gasteiger partial charge in [-0.2, -0.15) is 0 Å². The minimum atomic E-state index is 0.631. The van der Waals surface area contributed by atoms with E-state index in [1.807, 2.05) is 0 Å². The Morgan fingerprint density at radius 1 is 1.25 bits per heavy atom. The zero-order valence-electron chi connectivity index (χ0n) is 11.1. The molecule has 1 saturated heterocycles. The molecule has 0 aromatic rings. The SMILES string of the molecule is CC1CNCCCN(CC2(C)CCCC2)C1. The van der Waals surface area contributed by atoms with Gasteiger partial charge in [-0.25, -0.2) is 0 Å². The molecule has 2 heteroatoms. The Bertz CT molecular complexity index is 209. The Balaban J connectivity index is 1.85. The van der Waals surface area contributed by atoms with E-state index in [0.29, 0.717) is 5.41 Å². The van der Waals surface area contributed by atoms with Crippen LogP contribution in [0.25, 0.3) is 0 Å². The summed E-state index contributed by atoms with van der Waals surface area (Å²) in [5.41, 5.74) is 0.631. The summed E-state index contributed by atoms with van der Waals surface area (Å²) < 4.78 is 0. The summed E-state index contributed by atoms with van der Waals surface area (Å²) in [6.07, 6.45) is 7.15. The van der Waals surface area contributed by atoms with Gasteiger partial charge in [-0.05, 0) is 50.2 Å². The standard InChI is InChI=1S/C14H28N2/c1-13-10-15-8-5-9-16(11-13)12-14(2)6-3-4-7-14/h13,15H,3-12H2,1-2H3. The van der Waals surface area contributed by atoms with Crippen LogP contribution >= 0.6 is 0 Å². The number of nitrogens with zero attached hydrogens (tertiary/aromatic N) is 1. The second-order valence-electron chi connectivity index (χ2n) is 6.42. The molecule has 1 unspecified atom stereocenters. The highest BCUT2D eigenvalue weighted by atomic mass is 15.1. The highest BCUT2D eigenvalue weighted by Gasteiger charge is 2.31. The molecule has 1 aliphatic carbocycles. The molecule has 1 saturated carbocycles. The lowest BCUT2D eigenvalue weighted by molar-refractivity contribution is 0.140. The van der Waals surface area contributed by atoms with Crippen molar-refractivity contribution in [3.63, 3.8) is 0 Å². The third-order valence-corrected chi connectivity index (χ3v) is 4.31. The molecule has 0 radical (unpaired) electrons. The van der Waals surface area contributed by atoms with Crippen molar-refractivity contribution in [2.45, 2.75) is 46.0 Å². The molecule has 0 aromatic heterocycles. The summed E-state index contributed by atoms with van der Waals surface area (Å²) in [5, 5.41) is 3.53. The van der Waals surface area contributed by atoms with Crippen LogP contribution in [0.2, 0.25) is 0 Å². The van der Waals surface area contributed by atoms with Crippen molar-refractivity contribution >= 4 is 0 Å². The molecule has 1 heterocycles. The van der Waals surface area contributed by atoms with Gasteiger partial charge in [0.1, 0.15) is 0 Å². The van der Waals surface area contributed by atoms with E-state index in [1.54, 1.807) is 0 Å². The van der Waals surface area contributed by atoms with Gasteiger partial charge in [0.2, 0.25) is 0 Å². The number of nitrogens with one attached hydrogen (secondary N) is 1. The van der Waals surface area contributed by atoms with E-state index < -0.39 is 0 Å². The predicted octanol–water partition coefficient (Wildman–Crippen LogP) is 2.50. The summed E-state index contributed by atoms with van der Waals surface area (Å²) in [7, 11) is 0. The lowest BCUT2D eigenvalue weighted by Crippen LogP contribution is -2.42. The van der Waals surface area contributed by atoms with Crippen molar-refractivity contribution in [3.05, 3.63) is 0 Å². The fourth-order valence-electron chi connectivity index (χ4n) is 3.44. The maximum atomic E-state index is 3.53. The maximum absolute atomic E-state index is 3.53. The van der Waals surface area contributed by atoms with Crippen molar-refractivity contribution < 1.29 is 0 Å². The number of hydrogen-bond donors (Lipinski definition) is 1. The largest absolute Gasteiger partial charge is 0.316 e.